The van der Waals surface area contributed by atoms with Crippen molar-refractivity contribution in [3.05, 3.63) is 58.3 Å². The highest BCUT2D eigenvalue weighted by atomic mass is 35.5. The number of aromatic nitrogens is 2. The molecule has 0 fully saturated rings. The van der Waals surface area contributed by atoms with Crippen LogP contribution in [0.3, 0.4) is 0 Å². The van der Waals surface area contributed by atoms with E-state index in [2.05, 4.69) is 9.97 Å². The Hall–Kier alpha value is -1.81. The van der Waals surface area contributed by atoms with Crippen LogP contribution in [0, 0.1) is 0 Å². The summed E-state index contributed by atoms with van der Waals surface area (Å²) in [5.41, 5.74) is 0.324. The molecular weight excluding hydrogens is 240 g/mol. The summed E-state index contributed by atoms with van der Waals surface area (Å²) in [6.45, 7) is 0.212. The number of rotatable bonds is 4. The predicted molar refractivity (Wildman–Crippen MR) is 65.2 cm³/mol. The van der Waals surface area contributed by atoms with Gasteiger partial charge >= 0.3 is 0 Å². The van der Waals surface area contributed by atoms with E-state index in [0.717, 1.165) is 5.75 Å². The molecule has 0 bridgehead atoms. The maximum atomic E-state index is 11.3. The molecule has 1 N–H and O–H groups in total. The first-order valence-electron chi connectivity index (χ1n) is 5.11. The average molecular weight is 251 g/mol. The molecule has 0 saturated carbocycles. The van der Waals surface area contributed by atoms with Gasteiger partial charge in [0.15, 0.2) is 0 Å². The van der Waals surface area contributed by atoms with Crippen LogP contribution in [0.4, 0.5) is 0 Å². The number of aromatic amines is 1. The van der Waals surface area contributed by atoms with Crippen LogP contribution in [0.2, 0.25) is 0 Å². The lowest BCUT2D eigenvalue weighted by molar-refractivity contribution is 0.295. The van der Waals surface area contributed by atoms with Gasteiger partial charge in [-0.3, -0.25) is 4.79 Å². The van der Waals surface area contributed by atoms with Gasteiger partial charge in [-0.25, -0.2) is 4.98 Å². The molecule has 0 unspecified atom stereocenters. The van der Waals surface area contributed by atoms with Crippen LogP contribution in [0.25, 0.3) is 0 Å². The summed E-state index contributed by atoms with van der Waals surface area (Å²) >= 11 is 5.63. The van der Waals surface area contributed by atoms with E-state index in [0.29, 0.717) is 11.5 Å². The highest BCUT2D eigenvalue weighted by Gasteiger charge is 2.01. The molecule has 0 aliphatic heterocycles. The normalized spacial score (nSPS) is 10.2. The minimum Gasteiger partial charge on any atom is -0.486 e. The molecule has 1 heterocycles. The molecule has 17 heavy (non-hydrogen) atoms. The molecule has 4 nitrogen and oxygen atoms in total. The van der Waals surface area contributed by atoms with Crippen molar-refractivity contribution < 1.29 is 4.74 Å². The summed E-state index contributed by atoms with van der Waals surface area (Å²) in [6.07, 6.45) is 0. The van der Waals surface area contributed by atoms with E-state index in [9.17, 15) is 4.79 Å². The summed E-state index contributed by atoms with van der Waals surface area (Å²) in [4.78, 5) is 18.0. The monoisotopic (exact) mass is 250 g/mol. The van der Waals surface area contributed by atoms with Gasteiger partial charge in [0.2, 0.25) is 0 Å². The molecular formula is C12H11ClN2O2. The van der Waals surface area contributed by atoms with E-state index >= 15 is 0 Å². The topological polar surface area (TPSA) is 55.0 Å². The minimum atomic E-state index is -0.220. The zero-order valence-electron chi connectivity index (χ0n) is 9.02. The first-order valence-corrected chi connectivity index (χ1v) is 5.64. The van der Waals surface area contributed by atoms with Crippen LogP contribution in [-0.2, 0) is 12.5 Å². The maximum Gasteiger partial charge on any atom is 0.251 e. The number of nitrogens with zero attached hydrogens (tertiary/aromatic N) is 1. The molecule has 0 aliphatic rings. The number of para-hydroxylation sites is 1. The van der Waals surface area contributed by atoms with Gasteiger partial charge in [0.1, 0.15) is 18.2 Å². The fourth-order valence-corrected chi connectivity index (χ4v) is 1.51. The van der Waals surface area contributed by atoms with E-state index in [4.69, 9.17) is 16.3 Å². The summed E-state index contributed by atoms with van der Waals surface area (Å²) in [7, 11) is 0. The Morgan fingerprint density at radius 2 is 2.06 bits per heavy atom. The number of benzene rings is 1. The van der Waals surface area contributed by atoms with Crippen molar-refractivity contribution >= 4 is 11.6 Å². The second-order valence-corrected chi connectivity index (χ2v) is 3.69. The van der Waals surface area contributed by atoms with Crippen LogP contribution in [0.1, 0.15) is 11.5 Å². The predicted octanol–water partition coefficient (Wildman–Crippen LogP) is 2.09. The number of hydrogen-bond donors (Lipinski definition) is 1. The summed E-state index contributed by atoms with van der Waals surface area (Å²) in [5.74, 6) is 1.41. The number of alkyl halides is 1. The SMILES string of the molecule is O=c1cc(CCl)nc(COc2ccccc2)[nH]1. The standard InChI is InChI=1S/C12H11ClN2O2/c13-7-9-6-12(16)15-11(14-9)8-17-10-4-2-1-3-5-10/h1-6H,7-8H2,(H,14,15,16). The van der Waals surface area contributed by atoms with Crippen LogP contribution >= 0.6 is 11.6 Å². The number of ether oxygens (including phenoxy) is 1. The van der Waals surface area contributed by atoms with E-state index in [-0.39, 0.29) is 18.0 Å². The molecule has 1 aromatic carbocycles. The van der Waals surface area contributed by atoms with Crippen LogP contribution < -0.4 is 10.3 Å². The maximum absolute atomic E-state index is 11.3. The largest absolute Gasteiger partial charge is 0.486 e. The summed E-state index contributed by atoms with van der Waals surface area (Å²) in [5, 5.41) is 0. The minimum absolute atomic E-state index is 0.211. The lowest BCUT2D eigenvalue weighted by Gasteiger charge is -2.05. The van der Waals surface area contributed by atoms with Crippen molar-refractivity contribution in [1.82, 2.24) is 9.97 Å². The third-order valence-electron chi connectivity index (χ3n) is 2.10. The van der Waals surface area contributed by atoms with E-state index < -0.39 is 0 Å². The molecule has 0 amide bonds. The molecule has 0 aliphatic carbocycles. The quantitative estimate of drug-likeness (QED) is 0.846. The molecule has 0 spiro atoms. The molecule has 2 aromatic rings. The third-order valence-corrected chi connectivity index (χ3v) is 2.37. The third kappa shape index (κ3) is 3.32. The summed E-state index contributed by atoms with van der Waals surface area (Å²) in [6, 6.07) is 10.7. The molecule has 0 radical (unpaired) electrons. The number of halogens is 1. The highest BCUT2D eigenvalue weighted by Crippen LogP contribution is 2.09. The van der Waals surface area contributed by atoms with E-state index in [1.54, 1.807) is 0 Å². The van der Waals surface area contributed by atoms with Gasteiger partial charge in [0, 0.05) is 6.07 Å². The zero-order chi connectivity index (χ0) is 12.1. The Morgan fingerprint density at radius 1 is 1.29 bits per heavy atom. The lowest BCUT2D eigenvalue weighted by atomic mass is 10.3. The second-order valence-electron chi connectivity index (χ2n) is 3.42. The fourth-order valence-electron chi connectivity index (χ4n) is 1.37. The van der Waals surface area contributed by atoms with Crippen molar-refractivity contribution in [2.24, 2.45) is 0 Å². The van der Waals surface area contributed by atoms with Crippen LogP contribution in [-0.4, -0.2) is 9.97 Å². The summed E-state index contributed by atoms with van der Waals surface area (Å²) < 4.78 is 5.47. The molecule has 88 valence electrons. The number of nitrogens with one attached hydrogen (secondary N) is 1. The smallest absolute Gasteiger partial charge is 0.251 e. The van der Waals surface area contributed by atoms with Crippen molar-refractivity contribution in [2.45, 2.75) is 12.5 Å². The number of H-pyrrole nitrogens is 1. The van der Waals surface area contributed by atoms with Gasteiger partial charge in [0.05, 0.1) is 11.6 Å². The molecule has 5 heteroatoms. The first-order chi connectivity index (χ1) is 8.28. The Bertz CT molecular complexity index is 540. The van der Waals surface area contributed by atoms with Gasteiger partial charge in [0.25, 0.3) is 5.56 Å². The second kappa shape index (κ2) is 5.50. The van der Waals surface area contributed by atoms with Crippen molar-refractivity contribution in [2.75, 3.05) is 0 Å². The molecule has 2 rings (SSSR count). The fraction of sp³-hybridized carbons (Fsp3) is 0.167. The van der Waals surface area contributed by atoms with Crippen molar-refractivity contribution in [3.8, 4) is 5.75 Å². The lowest BCUT2D eigenvalue weighted by Crippen LogP contribution is -2.14. The Kier molecular flexibility index (Phi) is 3.77. The first kappa shape index (κ1) is 11.7. The number of hydrogen-bond acceptors (Lipinski definition) is 3. The van der Waals surface area contributed by atoms with Gasteiger partial charge in [-0.1, -0.05) is 18.2 Å². The van der Waals surface area contributed by atoms with E-state index in [1.165, 1.54) is 6.07 Å². The molecule has 0 saturated heterocycles. The average Bonchev–Trinajstić information content (AvgIpc) is 2.37. The van der Waals surface area contributed by atoms with Gasteiger partial charge in [-0.2, -0.15) is 0 Å². The van der Waals surface area contributed by atoms with E-state index in [1.807, 2.05) is 30.3 Å². The van der Waals surface area contributed by atoms with Crippen molar-refractivity contribution in [1.29, 1.82) is 0 Å². The van der Waals surface area contributed by atoms with Gasteiger partial charge in [-0.05, 0) is 12.1 Å². The highest BCUT2D eigenvalue weighted by molar-refractivity contribution is 6.16. The van der Waals surface area contributed by atoms with Gasteiger partial charge in [-0.15, -0.1) is 11.6 Å². The zero-order valence-corrected chi connectivity index (χ0v) is 9.78. The van der Waals surface area contributed by atoms with Crippen LogP contribution in [0.15, 0.2) is 41.2 Å². The van der Waals surface area contributed by atoms with Crippen molar-refractivity contribution in [3.63, 3.8) is 0 Å². The molecule has 1 aromatic heterocycles. The van der Waals surface area contributed by atoms with Crippen LogP contribution in [0.5, 0.6) is 5.75 Å². The Labute approximate surface area is 103 Å². The Balaban J connectivity index is 2.09. The Morgan fingerprint density at radius 3 is 2.76 bits per heavy atom. The van der Waals surface area contributed by atoms with Gasteiger partial charge < -0.3 is 9.72 Å². The molecule has 0 atom stereocenters.